The third-order valence-corrected chi connectivity index (χ3v) is 2.04. The summed E-state index contributed by atoms with van der Waals surface area (Å²) in [5.74, 6) is 0. The maximum atomic E-state index is 2.29. The maximum Gasteiger partial charge on any atom is -0.0166 e. The van der Waals surface area contributed by atoms with E-state index in [1.807, 2.05) is 0 Å². The van der Waals surface area contributed by atoms with E-state index >= 15 is 0 Å². The van der Waals surface area contributed by atoms with Crippen molar-refractivity contribution in [2.45, 2.75) is 32.1 Å². The van der Waals surface area contributed by atoms with Crippen molar-refractivity contribution in [3.63, 3.8) is 0 Å². The Morgan fingerprint density at radius 3 is 2.08 bits per heavy atom. The average Bonchev–Trinajstić information content (AvgIpc) is 2.18. The standard InChI is InChI=1S/C13H18/c1-2-4-6-8-10-12-13-11-9-7-5-3-1/h1-6,9,11H,7-8,10,12-13H2/b2-1?,5-3+,6-4?,11-9-. The fourth-order valence-corrected chi connectivity index (χ4v) is 1.28. The minimum Gasteiger partial charge on any atom is -0.0882 e. The molecule has 1 rings (SSSR count). The molecule has 0 N–H and O–H groups in total. The number of rotatable bonds is 0. The molecule has 0 aromatic carbocycles. The minimum atomic E-state index is 1.06. The van der Waals surface area contributed by atoms with Gasteiger partial charge in [0.25, 0.3) is 0 Å². The van der Waals surface area contributed by atoms with E-state index in [9.17, 15) is 0 Å². The van der Waals surface area contributed by atoms with E-state index in [2.05, 4.69) is 48.6 Å². The summed E-state index contributed by atoms with van der Waals surface area (Å²) >= 11 is 0. The van der Waals surface area contributed by atoms with Gasteiger partial charge in [0.05, 0.1) is 0 Å². The molecule has 0 spiro atoms. The van der Waals surface area contributed by atoms with E-state index in [1.165, 1.54) is 25.7 Å². The zero-order valence-corrected chi connectivity index (χ0v) is 8.15. The zero-order chi connectivity index (χ0) is 9.19. The Morgan fingerprint density at radius 2 is 1.23 bits per heavy atom. The number of hydrogen-bond acceptors (Lipinski definition) is 0. The Balaban J connectivity index is 2.38. The van der Waals surface area contributed by atoms with Crippen molar-refractivity contribution >= 4 is 0 Å². The van der Waals surface area contributed by atoms with Crippen molar-refractivity contribution in [2.75, 3.05) is 0 Å². The summed E-state index contributed by atoms with van der Waals surface area (Å²) in [4.78, 5) is 0. The van der Waals surface area contributed by atoms with Gasteiger partial charge in [-0.3, -0.25) is 0 Å². The topological polar surface area (TPSA) is 0 Å². The molecule has 0 bridgehead atoms. The quantitative estimate of drug-likeness (QED) is 0.483. The molecule has 0 heteroatoms. The van der Waals surface area contributed by atoms with Gasteiger partial charge in [-0.1, -0.05) is 48.6 Å². The van der Waals surface area contributed by atoms with Crippen molar-refractivity contribution in [3.8, 4) is 0 Å². The number of allylic oxidation sites excluding steroid dienone is 8. The molecule has 0 radical (unpaired) electrons. The van der Waals surface area contributed by atoms with E-state index in [0.717, 1.165) is 6.42 Å². The van der Waals surface area contributed by atoms with Crippen LogP contribution in [0.4, 0.5) is 0 Å². The molecule has 0 heterocycles. The maximum absolute atomic E-state index is 2.29. The summed E-state index contributed by atoms with van der Waals surface area (Å²) in [5.41, 5.74) is 0. The minimum absolute atomic E-state index is 1.06. The Kier molecular flexibility index (Phi) is 5.87. The van der Waals surface area contributed by atoms with Gasteiger partial charge in [-0.25, -0.2) is 0 Å². The lowest BCUT2D eigenvalue weighted by Crippen LogP contribution is -1.71. The Morgan fingerprint density at radius 1 is 0.538 bits per heavy atom. The van der Waals surface area contributed by atoms with Gasteiger partial charge < -0.3 is 0 Å². The lowest BCUT2D eigenvalue weighted by Gasteiger charge is -1.91. The van der Waals surface area contributed by atoms with Crippen molar-refractivity contribution in [2.24, 2.45) is 0 Å². The third kappa shape index (κ3) is 6.15. The summed E-state index contributed by atoms with van der Waals surface area (Å²) in [6.07, 6.45) is 23.5. The van der Waals surface area contributed by atoms with Crippen molar-refractivity contribution < 1.29 is 0 Å². The van der Waals surface area contributed by atoms with Gasteiger partial charge in [-0.15, -0.1) is 0 Å². The second kappa shape index (κ2) is 7.60. The Hall–Kier alpha value is -1.04. The first-order chi connectivity index (χ1) is 6.50. The van der Waals surface area contributed by atoms with Gasteiger partial charge >= 0.3 is 0 Å². The molecule has 0 aromatic heterocycles. The first-order valence-electron chi connectivity index (χ1n) is 5.13. The molecule has 0 aliphatic heterocycles. The molecule has 70 valence electrons. The van der Waals surface area contributed by atoms with E-state index in [1.54, 1.807) is 0 Å². The molecule has 0 fully saturated rings. The van der Waals surface area contributed by atoms with Crippen LogP contribution in [0.3, 0.4) is 0 Å². The molecule has 0 saturated heterocycles. The van der Waals surface area contributed by atoms with Gasteiger partial charge in [0.15, 0.2) is 0 Å². The van der Waals surface area contributed by atoms with Gasteiger partial charge in [0.1, 0.15) is 0 Å². The van der Waals surface area contributed by atoms with E-state index in [-0.39, 0.29) is 0 Å². The van der Waals surface area contributed by atoms with Crippen LogP contribution in [0, 0.1) is 0 Å². The smallest absolute Gasteiger partial charge is 0.0166 e. The van der Waals surface area contributed by atoms with Crippen molar-refractivity contribution in [1.29, 1.82) is 0 Å². The second-order valence-electron chi connectivity index (χ2n) is 3.23. The van der Waals surface area contributed by atoms with Crippen LogP contribution in [0.15, 0.2) is 48.6 Å². The third-order valence-electron chi connectivity index (χ3n) is 2.04. The van der Waals surface area contributed by atoms with Gasteiger partial charge in [0.2, 0.25) is 0 Å². The van der Waals surface area contributed by atoms with Crippen LogP contribution in [0.1, 0.15) is 32.1 Å². The summed E-state index contributed by atoms with van der Waals surface area (Å²) < 4.78 is 0. The molecular weight excluding hydrogens is 156 g/mol. The second-order valence-corrected chi connectivity index (χ2v) is 3.23. The molecule has 0 saturated carbocycles. The highest BCUT2D eigenvalue weighted by atomic mass is 13.9. The van der Waals surface area contributed by atoms with Crippen LogP contribution in [0.5, 0.6) is 0 Å². The molecule has 1 aliphatic rings. The van der Waals surface area contributed by atoms with Crippen LogP contribution < -0.4 is 0 Å². The number of hydrogen-bond donors (Lipinski definition) is 0. The van der Waals surface area contributed by atoms with E-state index < -0.39 is 0 Å². The Labute approximate surface area is 81.4 Å². The van der Waals surface area contributed by atoms with Crippen LogP contribution in [0.2, 0.25) is 0 Å². The largest absolute Gasteiger partial charge is 0.0882 e. The van der Waals surface area contributed by atoms with Gasteiger partial charge in [-0.05, 0) is 32.1 Å². The fourth-order valence-electron chi connectivity index (χ4n) is 1.28. The highest BCUT2D eigenvalue weighted by Gasteiger charge is 1.83. The molecular formula is C13H18. The average molecular weight is 174 g/mol. The molecule has 13 heavy (non-hydrogen) atoms. The van der Waals surface area contributed by atoms with E-state index in [4.69, 9.17) is 0 Å². The Bertz CT molecular complexity index is 216. The molecule has 1 aliphatic carbocycles. The van der Waals surface area contributed by atoms with Crippen LogP contribution >= 0.6 is 0 Å². The summed E-state index contributed by atoms with van der Waals surface area (Å²) in [7, 11) is 0. The summed E-state index contributed by atoms with van der Waals surface area (Å²) in [6.45, 7) is 0. The lowest BCUT2D eigenvalue weighted by molar-refractivity contribution is 0.761. The van der Waals surface area contributed by atoms with Gasteiger partial charge in [-0.2, -0.15) is 0 Å². The van der Waals surface area contributed by atoms with Crippen LogP contribution in [0.25, 0.3) is 0 Å². The highest BCUT2D eigenvalue weighted by Crippen LogP contribution is 2.03. The molecule has 0 aromatic rings. The van der Waals surface area contributed by atoms with Crippen molar-refractivity contribution in [1.82, 2.24) is 0 Å². The zero-order valence-electron chi connectivity index (χ0n) is 8.15. The highest BCUT2D eigenvalue weighted by molar-refractivity contribution is 5.12. The van der Waals surface area contributed by atoms with Crippen molar-refractivity contribution in [3.05, 3.63) is 48.6 Å². The predicted octanol–water partition coefficient (Wildman–Crippen LogP) is 4.18. The summed E-state index contributed by atoms with van der Waals surface area (Å²) in [5, 5.41) is 0. The van der Waals surface area contributed by atoms with Crippen LogP contribution in [-0.4, -0.2) is 0 Å². The van der Waals surface area contributed by atoms with Gasteiger partial charge in [0, 0.05) is 0 Å². The van der Waals surface area contributed by atoms with Crippen LogP contribution in [-0.2, 0) is 0 Å². The molecule has 0 amide bonds. The normalized spacial score (nSPS) is 24.0. The van der Waals surface area contributed by atoms with E-state index in [0.29, 0.717) is 0 Å². The molecule has 0 atom stereocenters. The fraction of sp³-hybridized carbons (Fsp3) is 0.385. The lowest BCUT2D eigenvalue weighted by atomic mass is 10.2. The monoisotopic (exact) mass is 174 g/mol. The first kappa shape index (κ1) is 10.0. The molecule has 0 nitrogen and oxygen atoms in total. The predicted molar refractivity (Wildman–Crippen MR) is 59.6 cm³/mol. The SMILES string of the molecule is C1=C/C=C/C/C=C\CCCCC=C1. The molecule has 0 unspecified atom stereocenters. The summed E-state index contributed by atoms with van der Waals surface area (Å²) in [6, 6.07) is 0. The first-order valence-corrected chi connectivity index (χ1v) is 5.13.